The van der Waals surface area contributed by atoms with Crippen LogP contribution in [0.2, 0.25) is 0 Å². The first-order valence-corrected chi connectivity index (χ1v) is 12.0. The number of nitrogen functional groups attached to an aromatic ring is 1. The fraction of sp³-hybridized carbons (Fsp3) is 0.250. The van der Waals surface area contributed by atoms with Gasteiger partial charge in [0.25, 0.3) is 5.91 Å². The number of hydrogen-bond donors (Lipinski definition) is 1. The van der Waals surface area contributed by atoms with Gasteiger partial charge in [0.05, 0.1) is 10.5 Å². The number of carbonyl (C=O) groups is 2. The Morgan fingerprint density at radius 2 is 1.64 bits per heavy atom. The average molecular weight is 468 g/mol. The summed E-state index contributed by atoms with van der Waals surface area (Å²) in [5.74, 6) is -1.04. The predicted octanol–water partition coefficient (Wildman–Crippen LogP) is 2.42. The number of ether oxygens (including phenoxy) is 1. The zero-order chi connectivity index (χ0) is 23.6. The molecule has 1 heterocycles. The third-order valence-corrected chi connectivity index (χ3v) is 7.72. The minimum Gasteiger partial charge on any atom is -0.452 e. The first-order valence-electron chi connectivity index (χ1n) is 10.6. The predicted molar refractivity (Wildman–Crippen MR) is 125 cm³/mol. The van der Waals surface area contributed by atoms with Gasteiger partial charge in [-0.05, 0) is 41.5 Å². The second-order valence-electron chi connectivity index (χ2n) is 7.91. The van der Waals surface area contributed by atoms with Crippen molar-refractivity contribution < 1.29 is 22.7 Å². The first kappa shape index (κ1) is 22.8. The Labute approximate surface area is 192 Å². The second-order valence-corrected chi connectivity index (χ2v) is 9.84. The van der Waals surface area contributed by atoms with Crippen molar-refractivity contribution >= 4 is 38.4 Å². The lowest BCUT2D eigenvalue weighted by molar-refractivity contribution is -0.135. The van der Waals surface area contributed by atoms with Gasteiger partial charge in [-0.25, -0.2) is 13.2 Å². The van der Waals surface area contributed by atoms with Crippen molar-refractivity contribution in [1.82, 2.24) is 9.21 Å². The molecule has 0 radical (unpaired) electrons. The summed E-state index contributed by atoms with van der Waals surface area (Å²) in [6.07, 6.45) is 0. The SMILES string of the molecule is Cc1cccc(C(=O)OCC(=O)N2CCN(S(=O)(=O)c3ccc4ccccc4c3)CC2)c1N. The van der Waals surface area contributed by atoms with Crippen molar-refractivity contribution in [3.05, 3.63) is 71.8 Å². The number of fused-ring (bicyclic) bond motifs is 1. The Morgan fingerprint density at radius 3 is 2.36 bits per heavy atom. The van der Waals surface area contributed by atoms with Crippen LogP contribution < -0.4 is 5.73 Å². The molecule has 172 valence electrons. The van der Waals surface area contributed by atoms with Gasteiger partial charge in [0.2, 0.25) is 10.0 Å². The number of piperazine rings is 1. The molecule has 1 aliphatic heterocycles. The summed E-state index contributed by atoms with van der Waals surface area (Å²) in [6.45, 7) is 2.12. The van der Waals surface area contributed by atoms with Gasteiger partial charge < -0.3 is 15.4 Å². The molecule has 1 aliphatic rings. The molecule has 2 N–H and O–H groups in total. The molecule has 0 bridgehead atoms. The van der Waals surface area contributed by atoms with Gasteiger partial charge in [-0.1, -0.05) is 42.5 Å². The van der Waals surface area contributed by atoms with Crippen molar-refractivity contribution in [1.29, 1.82) is 0 Å². The third-order valence-electron chi connectivity index (χ3n) is 5.82. The Balaban J connectivity index is 1.35. The molecule has 0 unspecified atom stereocenters. The van der Waals surface area contributed by atoms with Crippen LogP contribution in [0.4, 0.5) is 5.69 Å². The van der Waals surface area contributed by atoms with Crippen molar-refractivity contribution in [3.8, 4) is 0 Å². The highest BCUT2D eigenvalue weighted by atomic mass is 32.2. The molecule has 0 saturated carbocycles. The highest BCUT2D eigenvalue weighted by molar-refractivity contribution is 7.89. The normalized spacial score (nSPS) is 14.9. The highest BCUT2D eigenvalue weighted by Gasteiger charge is 2.30. The van der Waals surface area contributed by atoms with E-state index in [2.05, 4.69) is 0 Å². The molecular weight excluding hydrogens is 442 g/mol. The molecule has 1 saturated heterocycles. The highest BCUT2D eigenvalue weighted by Crippen LogP contribution is 2.23. The van der Waals surface area contributed by atoms with E-state index in [1.807, 2.05) is 24.3 Å². The number of anilines is 1. The van der Waals surface area contributed by atoms with E-state index >= 15 is 0 Å². The summed E-state index contributed by atoms with van der Waals surface area (Å²) in [5.41, 5.74) is 7.20. The fourth-order valence-electron chi connectivity index (χ4n) is 3.81. The maximum atomic E-state index is 13.1. The molecule has 4 rings (SSSR count). The largest absolute Gasteiger partial charge is 0.452 e. The molecule has 9 heteroatoms. The summed E-state index contributed by atoms with van der Waals surface area (Å²) in [4.78, 5) is 26.5. The number of aryl methyl sites for hydroxylation is 1. The zero-order valence-electron chi connectivity index (χ0n) is 18.2. The topological polar surface area (TPSA) is 110 Å². The molecule has 1 amide bonds. The molecule has 3 aromatic carbocycles. The van der Waals surface area contributed by atoms with Gasteiger partial charge in [0.15, 0.2) is 6.61 Å². The third kappa shape index (κ3) is 4.69. The Hall–Kier alpha value is -3.43. The van der Waals surface area contributed by atoms with Crippen LogP contribution in [-0.4, -0.2) is 62.3 Å². The molecule has 0 aliphatic carbocycles. The van der Waals surface area contributed by atoms with E-state index in [4.69, 9.17) is 10.5 Å². The summed E-state index contributed by atoms with van der Waals surface area (Å²) in [6, 6.07) is 17.6. The van der Waals surface area contributed by atoms with Crippen LogP contribution in [0.15, 0.2) is 65.6 Å². The summed E-state index contributed by atoms with van der Waals surface area (Å²) in [7, 11) is -3.68. The molecular formula is C24H25N3O5S. The van der Waals surface area contributed by atoms with E-state index in [0.717, 1.165) is 16.3 Å². The molecule has 0 aromatic heterocycles. The number of sulfonamides is 1. The van der Waals surface area contributed by atoms with E-state index < -0.39 is 22.6 Å². The Morgan fingerprint density at radius 1 is 0.939 bits per heavy atom. The van der Waals surface area contributed by atoms with E-state index in [-0.39, 0.29) is 42.5 Å². The summed E-state index contributed by atoms with van der Waals surface area (Å²) in [5, 5.41) is 1.82. The number of rotatable bonds is 5. The number of nitrogens with zero attached hydrogens (tertiary/aromatic N) is 2. The van der Waals surface area contributed by atoms with Gasteiger partial charge in [-0.3, -0.25) is 4.79 Å². The summed E-state index contributed by atoms with van der Waals surface area (Å²) < 4.78 is 32.7. The Kier molecular flexibility index (Phi) is 6.35. The number of para-hydroxylation sites is 1. The number of amides is 1. The van der Waals surface area contributed by atoms with E-state index in [9.17, 15) is 18.0 Å². The molecule has 33 heavy (non-hydrogen) atoms. The molecule has 8 nitrogen and oxygen atoms in total. The van der Waals surface area contributed by atoms with E-state index in [0.29, 0.717) is 5.69 Å². The van der Waals surface area contributed by atoms with Crippen molar-refractivity contribution in [2.45, 2.75) is 11.8 Å². The van der Waals surface area contributed by atoms with Crippen LogP contribution >= 0.6 is 0 Å². The van der Waals surface area contributed by atoms with Gasteiger partial charge in [0, 0.05) is 31.9 Å². The maximum absolute atomic E-state index is 13.1. The number of benzene rings is 3. The van der Waals surface area contributed by atoms with E-state index in [1.165, 1.54) is 9.21 Å². The first-order chi connectivity index (χ1) is 15.8. The number of esters is 1. The van der Waals surface area contributed by atoms with E-state index in [1.54, 1.807) is 43.3 Å². The van der Waals surface area contributed by atoms with Crippen LogP contribution in [0.3, 0.4) is 0 Å². The van der Waals surface area contributed by atoms with Crippen LogP contribution in [-0.2, 0) is 19.6 Å². The van der Waals surface area contributed by atoms with Crippen LogP contribution in [0, 0.1) is 6.92 Å². The van der Waals surface area contributed by atoms with Gasteiger partial charge in [0.1, 0.15) is 0 Å². The van der Waals surface area contributed by atoms with Crippen molar-refractivity contribution in [2.75, 3.05) is 38.5 Å². The maximum Gasteiger partial charge on any atom is 0.340 e. The smallest absolute Gasteiger partial charge is 0.340 e. The lowest BCUT2D eigenvalue weighted by atomic mass is 10.1. The van der Waals surface area contributed by atoms with Gasteiger partial charge in [-0.15, -0.1) is 0 Å². The lowest BCUT2D eigenvalue weighted by Crippen LogP contribution is -2.51. The minimum atomic E-state index is -3.68. The quantitative estimate of drug-likeness (QED) is 0.456. The number of carbonyl (C=O) groups excluding carboxylic acids is 2. The van der Waals surface area contributed by atoms with Gasteiger partial charge in [-0.2, -0.15) is 4.31 Å². The monoisotopic (exact) mass is 467 g/mol. The zero-order valence-corrected chi connectivity index (χ0v) is 19.0. The van der Waals surface area contributed by atoms with Crippen LogP contribution in [0.1, 0.15) is 15.9 Å². The number of nitrogens with two attached hydrogens (primary N) is 1. The second kappa shape index (κ2) is 9.21. The fourth-order valence-corrected chi connectivity index (χ4v) is 5.27. The Bertz CT molecular complexity index is 1310. The molecule has 3 aromatic rings. The standard InChI is InChI=1S/C24H25N3O5S/c1-17-5-4-8-21(23(17)25)24(29)32-16-22(28)26-11-13-27(14-12-26)33(30,31)20-10-9-18-6-2-3-7-19(18)15-20/h2-10,15H,11-14,16,25H2,1H3. The van der Waals surface area contributed by atoms with Crippen LogP contribution in [0.25, 0.3) is 10.8 Å². The molecule has 0 atom stereocenters. The minimum absolute atomic E-state index is 0.166. The molecule has 0 spiro atoms. The average Bonchev–Trinajstić information content (AvgIpc) is 2.83. The van der Waals surface area contributed by atoms with Crippen molar-refractivity contribution in [3.63, 3.8) is 0 Å². The lowest BCUT2D eigenvalue weighted by Gasteiger charge is -2.33. The molecule has 1 fully saturated rings. The van der Waals surface area contributed by atoms with Gasteiger partial charge >= 0.3 is 5.97 Å². The number of hydrogen-bond acceptors (Lipinski definition) is 6. The summed E-state index contributed by atoms with van der Waals surface area (Å²) >= 11 is 0. The van der Waals surface area contributed by atoms with Crippen LogP contribution in [0.5, 0.6) is 0 Å². The van der Waals surface area contributed by atoms with Crippen molar-refractivity contribution in [2.24, 2.45) is 0 Å².